The number of hydrogen-bond donors (Lipinski definition) is 3. The second kappa shape index (κ2) is 5.81. The molecule has 1 atom stereocenters. The molecule has 16 heavy (non-hydrogen) atoms. The number of anilines is 1. The van der Waals surface area contributed by atoms with E-state index in [-0.39, 0.29) is 18.7 Å². The Bertz CT molecular complexity index is 384. The summed E-state index contributed by atoms with van der Waals surface area (Å²) in [6.45, 7) is 3.48. The summed E-state index contributed by atoms with van der Waals surface area (Å²) in [4.78, 5) is 15.6. The van der Waals surface area contributed by atoms with Crippen molar-refractivity contribution in [2.45, 2.75) is 19.9 Å². The average molecular weight is 288 g/mol. The number of aliphatic hydroxyl groups excluding tert-OH is 1. The van der Waals surface area contributed by atoms with Gasteiger partial charge in [-0.15, -0.1) is 0 Å². The minimum atomic E-state index is -0.368. The van der Waals surface area contributed by atoms with Gasteiger partial charge in [0.05, 0.1) is 18.3 Å². The van der Waals surface area contributed by atoms with Crippen molar-refractivity contribution in [2.75, 3.05) is 11.9 Å². The number of hydrogen-bond acceptors (Lipinski definition) is 3. The normalized spacial score (nSPS) is 12.0. The number of carbonyl (C=O) groups excluding carboxylic acids is 1. The zero-order chi connectivity index (χ0) is 12.1. The Morgan fingerprint density at radius 1 is 1.62 bits per heavy atom. The fourth-order valence-electron chi connectivity index (χ4n) is 1.05. The molecule has 0 aromatic carbocycles. The quantitative estimate of drug-likeness (QED) is 0.740. The maximum atomic E-state index is 11.4. The first-order valence-corrected chi connectivity index (χ1v) is 5.63. The summed E-state index contributed by atoms with van der Waals surface area (Å²) in [5.74, 6) is 0. The maximum absolute atomic E-state index is 11.4. The molecule has 1 heterocycles. The van der Waals surface area contributed by atoms with Crippen molar-refractivity contribution in [2.24, 2.45) is 0 Å². The molecular weight excluding hydrogens is 274 g/mol. The summed E-state index contributed by atoms with van der Waals surface area (Å²) in [6.07, 6.45) is 0. The van der Waals surface area contributed by atoms with E-state index >= 15 is 0 Å². The van der Waals surface area contributed by atoms with Crippen LogP contribution in [0, 0.1) is 6.92 Å². The lowest BCUT2D eigenvalue weighted by Crippen LogP contribution is -2.38. The molecule has 0 fully saturated rings. The van der Waals surface area contributed by atoms with E-state index in [1.165, 1.54) is 0 Å². The second-order valence-electron chi connectivity index (χ2n) is 3.47. The van der Waals surface area contributed by atoms with Crippen LogP contribution in [0.15, 0.2) is 16.7 Å². The largest absolute Gasteiger partial charge is 0.394 e. The first-order chi connectivity index (χ1) is 7.52. The van der Waals surface area contributed by atoms with Crippen LogP contribution in [0.1, 0.15) is 12.6 Å². The molecule has 0 radical (unpaired) electrons. The lowest BCUT2D eigenvalue weighted by atomic mass is 10.3. The highest BCUT2D eigenvalue weighted by atomic mass is 79.9. The van der Waals surface area contributed by atoms with Crippen molar-refractivity contribution in [1.29, 1.82) is 0 Å². The molecule has 6 heteroatoms. The predicted octanol–water partition coefficient (Wildman–Crippen LogP) is 1.65. The third-order valence-corrected chi connectivity index (χ3v) is 2.49. The third kappa shape index (κ3) is 3.79. The van der Waals surface area contributed by atoms with Gasteiger partial charge in [-0.2, -0.15) is 0 Å². The van der Waals surface area contributed by atoms with Gasteiger partial charge in [0.25, 0.3) is 0 Å². The van der Waals surface area contributed by atoms with Crippen LogP contribution in [0.25, 0.3) is 0 Å². The number of rotatable bonds is 3. The van der Waals surface area contributed by atoms with Crippen molar-refractivity contribution in [3.8, 4) is 0 Å². The highest BCUT2D eigenvalue weighted by Crippen LogP contribution is 2.19. The second-order valence-corrected chi connectivity index (χ2v) is 4.22. The van der Waals surface area contributed by atoms with Gasteiger partial charge < -0.3 is 15.7 Å². The maximum Gasteiger partial charge on any atom is 0.319 e. The van der Waals surface area contributed by atoms with Gasteiger partial charge >= 0.3 is 6.03 Å². The molecule has 0 unspecified atom stereocenters. The summed E-state index contributed by atoms with van der Waals surface area (Å²) in [5.41, 5.74) is 1.45. The number of aliphatic hydroxyl groups is 1. The van der Waals surface area contributed by atoms with Crippen molar-refractivity contribution >= 4 is 27.6 Å². The Labute approximate surface area is 102 Å². The summed E-state index contributed by atoms with van der Waals surface area (Å²) < 4.78 is 0.583. The number of halogens is 1. The summed E-state index contributed by atoms with van der Waals surface area (Å²) in [6, 6.07) is 2.91. The van der Waals surface area contributed by atoms with Gasteiger partial charge in [-0.3, -0.25) is 0 Å². The molecule has 0 spiro atoms. The lowest BCUT2D eigenvalue weighted by Gasteiger charge is -2.12. The summed E-state index contributed by atoms with van der Waals surface area (Å²) in [5, 5.41) is 14.0. The molecule has 0 aliphatic carbocycles. The van der Waals surface area contributed by atoms with E-state index in [9.17, 15) is 4.79 Å². The average Bonchev–Trinajstić information content (AvgIpc) is 2.22. The predicted molar refractivity (Wildman–Crippen MR) is 65.4 cm³/mol. The van der Waals surface area contributed by atoms with E-state index in [1.807, 2.05) is 6.92 Å². The summed E-state index contributed by atoms with van der Waals surface area (Å²) >= 11 is 3.26. The first-order valence-electron chi connectivity index (χ1n) is 4.84. The number of urea groups is 1. The molecule has 1 aromatic rings. The highest BCUT2D eigenvalue weighted by Gasteiger charge is 2.08. The van der Waals surface area contributed by atoms with E-state index in [0.29, 0.717) is 10.3 Å². The molecule has 0 aliphatic rings. The van der Waals surface area contributed by atoms with E-state index in [0.717, 1.165) is 5.69 Å². The van der Waals surface area contributed by atoms with Crippen molar-refractivity contribution in [3.63, 3.8) is 0 Å². The third-order valence-electron chi connectivity index (χ3n) is 1.89. The van der Waals surface area contributed by atoms with Crippen molar-refractivity contribution in [3.05, 3.63) is 22.4 Å². The Kier molecular flexibility index (Phi) is 4.70. The Morgan fingerprint density at radius 3 is 2.88 bits per heavy atom. The molecule has 0 bridgehead atoms. The number of aromatic nitrogens is 1. The number of nitrogens with zero attached hydrogens (tertiary/aromatic N) is 1. The van der Waals surface area contributed by atoms with Crippen LogP contribution in [0.2, 0.25) is 0 Å². The molecule has 0 aliphatic heterocycles. The first kappa shape index (κ1) is 12.9. The van der Waals surface area contributed by atoms with Gasteiger partial charge in [0.15, 0.2) is 0 Å². The van der Waals surface area contributed by atoms with E-state index in [4.69, 9.17) is 5.11 Å². The summed E-state index contributed by atoms with van der Waals surface area (Å²) in [7, 11) is 0. The van der Waals surface area contributed by atoms with Gasteiger partial charge in [-0.25, -0.2) is 9.78 Å². The highest BCUT2D eigenvalue weighted by molar-refractivity contribution is 9.10. The molecule has 1 rings (SSSR count). The number of aryl methyl sites for hydroxylation is 1. The molecular formula is C10H14BrN3O2. The van der Waals surface area contributed by atoms with Gasteiger partial charge in [0, 0.05) is 5.69 Å². The molecule has 0 saturated heterocycles. The van der Waals surface area contributed by atoms with Crippen LogP contribution < -0.4 is 10.6 Å². The standard InChI is InChI=1S/C10H14BrN3O2/c1-6-3-4-8(9(11)12-6)14-10(16)13-7(2)5-15/h3-4,7,15H,5H2,1-2H3,(H2,13,14,16)/t7-/m0/s1. The number of pyridine rings is 1. The topological polar surface area (TPSA) is 74.2 Å². The minimum Gasteiger partial charge on any atom is -0.394 e. The van der Waals surface area contributed by atoms with Crippen LogP contribution in [0.5, 0.6) is 0 Å². The van der Waals surface area contributed by atoms with E-state index in [2.05, 4.69) is 31.5 Å². The Hall–Kier alpha value is -1.14. The molecule has 0 saturated carbocycles. The van der Waals surface area contributed by atoms with Crippen LogP contribution >= 0.6 is 15.9 Å². The van der Waals surface area contributed by atoms with E-state index < -0.39 is 0 Å². The number of amides is 2. The van der Waals surface area contributed by atoms with Crippen LogP contribution in [-0.4, -0.2) is 28.8 Å². The Balaban J connectivity index is 2.63. The van der Waals surface area contributed by atoms with Crippen LogP contribution in [-0.2, 0) is 0 Å². The lowest BCUT2D eigenvalue weighted by molar-refractivity contribution is 0.229. The molecule has 1 aromatic heterocycles. The van der Waals surface area contributed by atoms with Gasteiger partial charge in [0.2, 0.25) is 0 Å². The molecule has 3 N–H and O–H groups in total. The Morgan fingerprint density at radius 2 is 2.31 bits per heavy atom. The molecule has 88 valence electrons. The zero-order valence-electron chi connectivity index (χ0n) is 9.12. The minimum absolute atomic E-state index is 0.0965. The van der Waals surface area contributed by atoms with Gasteiger partial charge in [0.1, 0.15) is 4.60 Å². The number of carbonyl (C=O) groups is 1. The van der Waals surface area contributed by atoms with Crippen molar-refractivity contribution < 1.29 is 9.90 Å². The monoisotopic (exact) mass is 287 g/mol. The van der Waals surface area contributed by atoms with Gasteiger partial charge in [-0.1, -0.05) is 0 Å². The van der Waals surface area contributed by atoms with Crippen LogP contribution in [0.3, 0.4) is 0 Å². The molecule has 2 amide bonds. The van der Waals surface area contributed by atoms with Crippen LogP contribution in [0.4, 0.5) is 10.5 Å². The zero-order valence-corrected chi connectivity index (χ0v) is 10.7. The molecule has 5 nitrogen and oxygen atoms in total. The fraction of sp³-hybridized carbons (Fsp3) is 0.400. The fourth-order valence-corrected chi connectivity index (χ4v) is 1.56. The smallest absolute Gasteiger partial charge is 0.319 e. The SMILES string of the molecule is Cc1ccc(NC(=O)N[C@@H](C)CO)c(Br)n1. The van der Waals surface area contributed by atoms with E-state index in [1.54, 1.807) is 19.1 Å². The van der Waals surface area contributed by atoms with Crippen molar-refractivity contribution in [1.82, 2.24) is 10.3 Å². The van der Waals surface area contributed by atoms with Gasteiger partial charge in [-0.05, 0) is 41.9 Å². The number of nitrogens with one attached hydrogen (secondary N) is 2.